The molecule has 0 saturated heterocycles. The molecule has 0 saturated carbocycles. The van der Waals surface area contributed by atoms with Crippen LogP contribution in [-0.4, -0.2) is 20.2 Å². The van der Waals surface area contributed by atoms with Crippen LogP contribution < -0.4 is 4.74 Å². The molecule has 0 radical (unpaired) electrons. The van der Waals surface area contributed by atoms with Gasteiger partial charge in [0.05, 0.1) is 25.3 Å². The molecule has 0 heterocycles. The van der Waals surface area contributed by atoms with Crippen LogP contribution in [0.25, 0.3) is 0 Å². The van der Waals surface area contributed by atoms with Crippen LogP contribution in [0, 0.1) is 11.8 Å². The van der Waals surface area contributed by atoms with Crippen LogP contribution >= 0.6 is 0 Å². The van der Waals surface area contributed by atoms with Crippen LogP contribution in [0.2, 0.25) is 0 Å². The Morgan fingerprint density at radius 2 is 1.50 bits per heavy atom. The first kappa shape index (κ1) is 13.7. The monoisotopic (exact) mass is 266 g/mol. The average Bonchev–Trinajstić information content (AvgIpc) is 2.52. The first-order valence-corrected chi connectivity index (χ1v) is 6.08. The Morgan fingerprint density at radius 3 is 2.20 bits per heavy atom. The molecule has 0 aliphatic rings. The summed E-state index contributed by atoms with van der Waals surface area (Å²) in [5, 5.41) is 0. The fraction of sp³-hybridized carbons (Fsp3) is 0.118. The third-order valence-corrected chi connectivity index (χ3v) is 2.77. The molecule has 0 amide bonds. The van der Waals surface area contributed by atoms with Gasteiger partial charge >= 0.3 is 5.97 Å². The van der Waals surface area contributed by atoms with Crippen molar-refractivity contribution in [3.63, 3.8) is 0 Å². The molecule has 0 fully saturated rings. The molecule has 0 unspecified atom stereocenters. The van der Waals surface area contributed by atoms with Crippen molar-refractivity contribution in [2.24, 2.45) is 0 Å². The molecule has 0 atom stereocenters. The van der Waals surface area contributed by atoms with Gasteiger partial charge in [-0.1, -0.05) is 36.1 Å². The summed E-state index contributed by atoms with van der Waals surface area (Å²) >= 11 is 0. The summed E-state index contributed by atoms with van der Waals surface area (Å²) < 4.78 is 9.98. The highest BCUT2D eigenvalue weighted by Crippen LogP contribution is 2.16. The maximum Gasteiger partial charge on any atom is 0.339 e. The minimum atomic E-state index is -0.394. The molecule has 2 aromatic carbocycles. The van der Waals surface area contributed by atoms with E-state index in [1.54, 1.807) is 25.3 Å². The largest absolute Gasteiger partial charge is 0.495 e. The second kappa shape index (κ2) is 6.44. The normalized spacial score (nSPS) is 9.30. The van der Waals surface area contributed by atoms with Crippen molar-refractivity contribution in [2.45, 2.75) is 0 Å². The molecule has 0 aliphatic heterocycles. The van der Waals surface area contributed by atoms with Gasteiger partial charge in [0.25, 0.3) is 0 Å². The molecule has 0 aliphatic carbocycles. The van der Waals surface area contributed by atoms with Gasteiger partial charge in [0.2, 0.25) is 0 Å². The number of benzene rings is 2. The Balaban J connectivity index is 2.41. The molecule has 3 heteroatoms. The van der Waals surface area contributed by atoms with E-state index in [9.17, 15) is 4.79 Å². The summed E-state index contributed by atoms with van der Waals surface area (Å²) in [6, 6.07) is 14.6. The second-order valence-corrected chi connectivity index (χ2v) is 3.99. The zero-order valence-electron chi connectivity index (χ0n) is 11.3. The van der Waals surface area contributed by atoms with Gasteiger partial charge in [-0.2, -0.15) is 0 Å². The van der Waals surface area contributed by atoms with E-state index in [-0.39, 0.29) is 0 Å². The predicted octanol–water partition coefficient (Wildman–Crippen LogP) is 2.88. The molecule has 0 aromatic heterocycles. The zero-order valence-corrected chi connectivity index (χ0v) is 11.3. The molecule has 3 nitrogen and oxygen atoms in total. The Labute approximate surface area is 118 Å². The summed E-state index contributed by atoms with van der Waals surface area (Å²) in [5.74, 6) is 6.32. The molecule has 100 valence electrons. The van der Waals surface area contributed by atoms with E-state index in [0.717, 1.165) is 5.56 Å². The van der Waals surface area contributed by atoms with Crippen molar-refractivity contribution < 1.29 is 14.3 Å². The van der Waals surface area contributed by atoms with Gasteiger partial charge in [0.1, 0.15) is 5.75 Å². The quantitative estimate of drug-likeness (QED) is 0.619. The number of carbonyl (C=O) groups is 1. The van der Waals surface area contributed by atoms with E-state index >= 15 is 0 Å². The van der Waals surface area contributed by atoms with Crippen molar-refractivity contribution in [3.8, 4) is 17.6 Å². The van der Waals surface area contributed by atoms with E-state index in [0.29, 0.717) is 16.9 Å². The first-order valence-electron chi connectivity index (χ1n) is 6.08. The minimum absolute atomic E-state index is 0.394. The van der Waals surface area contributed by atoms with Crippen LogP contribution in [0.5, 0.6) is 5.75 Å². The van der Waals surface area contributed by atoms with Crippen LogP contribution in [0.15, 0.2) is 48.5 Å². The third kappa shape index (κ3) is 2.99. The Morgan fingerprint density at radius 1 is 0.900 bits per heavy atom. The van der Waals surface area contributed by atoms with Crippen LogP contribution in [0.4, 0.5) is 0 Å². The fourth-order valence-electron chi connectivity index (χ4n) is 1.76. The van der Waals surface area contributed by atoms with Gasteiger partial charge in [0, 0.05) is 5.56 Å². The Hall–Kier alpha value is -2.73. The highest BCUT2D eigenvalue weighted by atomic mass is 16.5. The maximum atomic E-state index is 11.7. The predicted molar refractivity (Wildman–Crippen MR) is 76.8 cm³/mol. The number of esters is 1. The molecule has 0 N–H and O–H groups in total. The van der Waals surface area contributed by atoms with E-state index in [2.05, 4.69) is 11.8 Å². The third-order valence-electron chi connectivity index (χ3n) is 2.77. The van der Waals surface area contributed by atoms with E-state index < -0.39 is 5.97 Å². The summed E-state index contributed by atoms with van der Waals surface area (Å²) in [6.45, 7) is 0. The molecule has 20 heavy (non-hydrogen) atoms. The van der Waals surface area contributed by atoms with Crippen molar-refractivity contribution in [3.05, 3.63) is 65.2 Å². The van der Waals surface area contributed by atoms with E-state index in [4.69, 9.17) is 9.47 Å². The number of hydrogen-bond acceptors (Lipinski definition) is 3. The standard InChI is InChI=1S/C17H14O3/c1-19-16-10-6-4-8-14(16)12-11-13-7-3-5-9-15(13)17(18)20-2/h3-10H,1-2H3. The molecular formula is C17H14O3. The highest BCUT2D eigenvalue weighted by molar-refractivity contribution is 5.92. The number of carbonyl (C=O) groups excluding carboxylic acids is 1. The highest BCUT2D eigenvalue weighted by Gasteiger charge is 2.08. The van der Waals surface area contributed by atoms with Crippen LogP contribution in [0.1, 0.15) is 21.5 Å². The van der Waals surface area contributed by atoms with Crippen LogP contribution in [-0.2, 0) is 4.74 Å². The van der Waals surface area contributed by atoms with Crippen molar-refractivity contribution in [1.82, 2.24) is 0 Å². The molecule has 0 spiro atoms. The molecule has 2 rings (SSSR count). The summed E-state index contributed by atoms with van der Waals surface area (Å²) in [5.41, 5.74) is 1.86. The lowest BCUT2D eigenvalue weighted by Gasteiger charge is -2.02. The topological polar surface area (TPSA) is 35.5 Å². The smallest absolute Gasteiger partial charge is 0.339 e. The second-order valence-electron chi connectivity index (χ2n) is 3.99. The zero-order chi connectivity index (χ0) is 14.4. The fourth-order valence-corrected chi connectivity index (χ4v) is 1.76. The summed E-state index contributed by atoms with van der Waals surface area (Å²) in [4.78, 5) is 11.7. The van der Waals surface area contributed by atoms with E-state index in [1.165, 1.54) is 7.11 Å². The van der Waals surface area contributed by atoms with Gasteiger partial charge in [-0.05, 0) is 24.3 Å². The molecule has 0 bridgehead atoms. The maximum absolute atomic E-state index is 11.7. The van der Waals surface area contributed by atoms with Crippen molar-refractivity contribution >= 4 is 5.97 Å². The molecule has 2 aromatic rings. The Bertz CT molecular complexity index is 678. The number of rotatable bonds is 2. The van der Waals surface area contributed by atoms with Crippen molar-refractivity contribution in [1.29, 1.82) is 0 Å². The SMILES string of the molecule is COC(=O)c1ccccc1C#Cc1ccccc1OC. The van der Waals surface area contributed by atoms with Crippen LogP contribution in [0.3, 0.4) is 0 Å². The van der Waals surface area contributed by atoms with Gasteiger partial charge < -0.3 is 9.47 Å². The lowest BCUT2D eigenvalue weighted by molar-refractivity contribution is 0.0600. The van der Waals surface area contributed by atoms with Gasteiger partial charge in [-0.25, -0.2) is 4.79 Å². The van der Waals surface area contributed by atoms with Gasteiger partial charge in [-0.15, -0.1) is 0 Å². The Kier molecular flexibility index (Phi) is 4.41. The summed E-state index contributed by atoms with van der Waals surface area (Å²) in [7, 11) is 2.95. The lowest BCUT2D eigenvalue weighted by atomic mass is 10.1. The minimum Gasteiger partial charge on any atom is -0.495 e. The van der Waals surface area contributed by atoms with Gasteiger partial charge in [0.15, 0.2) is 0 Å². The van der Waals surface area contributed by atoms with Crippen molar-refractivity contribution in [2.75, 3.05) is 14.2 Å². The lowest BCUT2D eigenvalue weighted by Crippen LogP contribution is -2.03. The number of ether oxygens (including phenoxy) is 2. The average molecular weight is 266 g/mol. The number of methoxy groups -OCH3 is 2. The summed E-state index contributed by atoms with van der Waals surface area (Å²) in [6.07, 6.45) is 0. The number of hydrogen-bond donors (Lipinski definition) is 0. The van der Waals surface area contributed by atoms with Gasteiger partial charge in [-0.3, -0.25) is 0 Å². The number of para-hydroxylation sites is 1. The first-order chi connectivity index (χ1) is 9.76. The van der Waals surface area contributed by atoms with E-state index in [1.807, 2.05) is 30.3 Å². The molecular weight excluding hydrogens is 252 g/mol.